The maximum Gasteiger partial charge on any atom is 0.249 e. The molecule has 1 aliphatic heterocycles. The highest BCUT2D eigenvalue weighted by molar-refractivity contribution is 5.92. The van der Waals surface area contributed by atoms with Crippen molar-refractivity contribution in [3.63, 3.8) is 0 Å². The van der Waals surface area contributed by atoms with E-state index < -0.39 is 0 Å². The Hall–Kier alpha value is -2.59. The summed E-state index contributed by atoms with van der Waals surface area (Å²) in [6.45, 7) is 0.348. The minimum Gasteiger partial charge on any atom is -0.497 e. The summed E-state index contributed by atoms with van der Waals surface area (Å²) < 4.78 is 11.2. The van der Waals surface area contributed by atoms with Gasteiger partial charge >= 0.3 is 0 Å². The highest BCUT2D eigenvalue weighted by Gasteiger charge is 2.58. The van der Waals surface area contributed by atoms with Crippen LogP contribution in [0.25, 0.3) is 6.08 Å². The third-order valence-electron chi connectivity index (χ3n) is 4.95. The Bertz CT molecular complexity index is 796. The number of ether oxygens (including phenoxy) is 2. The molecule has 4 nitrogen and oxygen atoms in total. The molecule has 0 aromatic heterocycles. The summed E-state index contributed by atoms with van der Waals surface area (Å²) in [5.74, 6) is 0.749. The molecule has 0 unspecified atom stereocenters. The second-order valence-corrected chi connectivity index (χ2v) is 6.57. The van der Waals surface area contributed by atoms with Crippen LogP contribution in [0.15, 0.2) is 60.7 Å². The highest BCUT2D eigenvalue weighted by atomic mass is 16.5. The fourth-order valence-electron chi connectivity index (χ4n) is 3.49. The molecule has 2 aliphatic rings. The first-order valence-electron chi connectivity index (χ1n) is 8.53. The van der Waals surface area contributed by atoms with Crippen LogP contribution in [0, 0.1) is 0 Å². The van der Waals surface area contributed by atoms with Gasteiger partial charge in [0.05, 0.1) is 18.8 Å². The van der Waals surface area contributed by atoms with Crippen LogP contribution in [-0.4, -0.2) is 30.2 Å². The van der Waals surface area contributed by atoms with E-state index in [0.717, 1.165) is 29.7 Å². The Kier molecular flexibility index (Phi) is 4.06. The zero-order valence-electron chi connectivity index (χ0n) is 14.2. The van der Waals surface area contributed by atoms with Gasteiger partial charge in [-0.1, -0.05) is 42.5 Å². The molecule has 1 aliphatic carbocycles. The molecule has 4 heteroatoms. The summed E-state index contributed by atoms with van der Waals surface area (Å²) in [5.41, 5.74) is 1.90. The van der Waals surface area contributed by atoms with Crippen molar-refractivity contribution in [2.75, 3.05) is 13.8 Å². The quantitative estimate of drug-likeness (QED) is 0.798. The van der Waals surface area contributed by atoms with Gasteiger partial charge in [-0.2, -0.15) is 0 Å². The standard InChI is InChI=1S/C21H21NO3/c1-24-18-9-5-6-16(14-18)10-11-19(23)22-15-25-21(12-13-21)20(22)17-7-3-2-4-8-17/h2-11,14,20H,12-13,15H2,1H3/b11-10+/t20-/m0/s1. The van der Waals surface area contributed by atoms with Crippen LogP contribution in [-0.2, 0) is 9.53 Å². The lowest BCUT2D eigenvalue weighted by molar-refractivity contribution is -0.128. The monoisotopic (exact) mass is 335 g/mol. The maximum absolute atomic E-state index is 12.8. The van der Waals surface area contributed by atoms with E-state index in [4.69, 9.17) is 9.47 Å². The van der Waals surface area contributed by atoms with Crippen LogP contribution < -0.4 is 4.74 Å². The van der Waals surface area contributed by atoms with Crippen molar-refractivity contribution >= 4 is 12.0 Å². The van der Waals surface area contributed by atoms with Crippen LogP contribution >= 0.6 is 0 Å². The zero-order valence-corrected chi connectivity index (χ0v) is 14.2. The molecule has 1 amide bonds. The SMILES string of the molecule is COc1cccc(/C=C/C(=O)N2COC3(CC3)[C@@H]2c2ccccc2)c1. The topological polar surface area (TPSA) is 38.8 Å². The molecule has 128 valence electrons. The van der Waals surface area contributed by atoms with Crippen LogP contribution in [0.5, 0.6) is 5.75 Å². The van der Waals surface area contributed by atoms with Crippen molar-refractivity contribution in [2.24, 2.45) is 0 Å². The fourth-order valence-corrected chi connectivity index (χ4v) is 3.49. The molecule has 2 aromatic carbocycles. The summed E-state index contributed by atoms with van der Waals surface area (Å²) in [6, 6.07) is 17.8. The number of hydrogen-bond donors (Lipinski definition) is 0. The maximum atomic E-state index is 12.8. The number of nitrogens with zero attached hydrogens (tertiary/aromatic N) is 1. The smallest absolute Gasteiger partial charge is 0.249 e. The molecule has 2 aromatic rings. The Morgan fingerprint density at radius 3 is 2.72 bits per heavy atom. The van der Waals surface area contributed by atoms with Crippen LogP contribution in [0.1, 0.15) is 30.0 Å². The largest absolute Gasteiger partial charge is 0.497 e. The summed E-state index contributed by atoms with van der Waals surface area (Å²) in [5, 5.41) is 0. The second kappa shape index (κ2) is 6.37. The highest BCUT2D eigenvalue weighted by Crippen LogP contribution is 2.55. The van der Waals surface area contributed by atoms with Crippen LogP contribution in [0.2, 0.25) is 0 Å². The van der Waals surface area contributed by atoms with Crippen molar-refractivity contribution in [1.29, 1.82) is 0 Å². The fraction of sp³-hybridized carbons (Fsp3) is 0.286. The summed E-state index contributed by atoms with van der Waals surface area (Å²) in [4.78, 5) is 14.6. The van der Waals surface area contributed by atoms with E-state index in [0.29, 0.717) is 6.73 Å². The first-order chi connectivity index (χ1) is 12.2. The van der Waals surface area contributed by atoms with Crippen LogP contribution in [0.4, 0.5) is 0 Å². The third kappa shape index (κ3) is 3.05. The summed E-state index contributed by atoms with van der Waals surface area (Å²) in [6.07, 6.45) is 5.46. The van der Waals surface area contributed by atoms with E-state index in [1.165, 1.54) is 0 Å². The van der Waals surface area contributed by atoms with Crippen molar-refractivity contribution in [2.45, 2.75) is 24.5 Å². The molecule has 1 heterocycles. The van der Waals surface area contributed by atoms with E-state index in [1.54, 1.807) is 13.2 Å². The molecule has 2 fully saturated rings. The lowest BCUT2D eigenvalue weighted by Gasteiger charge is -2.25. The van der Waals surface area contributed by atoms with Crippen molar-refractivity contribution in [1.82, 2.24) is 4.90 Å². The lowest BCUT2D eigenvalue weighted by atomic mass is 9.99. The first-order valence-corrected chi connectivity index (χ1v) is 8.53. The molecule has 0 bridgehead atoms. The summed E-state index contributed by atoms with van der Waals surface area (Å²) in [7, 11) is 1.63. The van der Waals surface area contributed by atoms with Crippen molar-refractivity contribution in [3.05, 3.63) is 71.8 Å². The molecular weight excluding hydrogens is 314 g/mol. The Morgan fingerprint density at radius 1 is 1.20 bits per heavy atom. The number of carbonyl (C=O) groups is 1. The molecular formula is C21H21NO3. The van der Waals surface area contributed by atoms with Gasteiger partial charge in [0.2, 0.25) is 5.91 Å². The number of hydrogen-bond acceptors (Lipinski definition) is 3. The van der Waals surface area contributed by atoms with Gasteiger partial charge in [0.25, 0.3) is 0 Å². The minimum atomic E-state index is -0.180. The zero-order chi connectivity index (χ0) is 17.3. The Balaban J connectivity index is 1.55. The number of methoxy groups -OCH3 is 1. The molecule has 0 radical (unpaired) electrons. The van der Waals surface area contributed by atoms with Gasteiger partial charge in [-0.3, -0.25) is 4.79 Å². The van der Waals surface area contributed by atoms with Gasteiger partial charge in [-0.15, -0.1) is 0 Å². The number of rotatable bonds is 4. The molecule has 1 saturated heterocycles. The van der Waals surface area contributed by atoms with E-state index in [2.05, 4.69) is 12.1 Å². The summed E-state index contributed by atoms with van der Waals surface area (Å²) >= 11 is 0. The second-order valence-electron chi connectivity index (χ2n) is 6.57. The molecule has 25 heavy (non-hydrogen) atoms. The van der Waals surface area contributed by atoms with Gasteiger partial charge in [0, 0.05) is 6.08 Å². The average molecular weight is 335 g/mol. The third-order valence-corrected chi connectivity index (χ3v) is 4.95. The Labute approximate surface area is 147 Å². The molecule has 4 rings (SSSR count). The van der Waals surface area contributed by atoms with E-state index in [9.17, 15) is 4.79 Å². The van der Waals surface area contributed by atoms with E-state index in [-0.39, 0.29) is 17.6 Å². The normalized spacial score (nSPS) is 21.0. The average Bonchev–Trinajstić information content (AvgIpc) is 3.33. The van der Waals surface area contributed by atoms with Crippen molar-refractivity contribution < 1.29 is 14.3 Å². The minimum absolute atomic E-state index is 0.00356. The number of benzene rings is 2. The van der Waals surface area contributed by atoms with E-state index >= 15 is 0 Å². The van der Waals surface area contributed by atoms with Crippen molar-refractivity contribution in [3.8, 4) is 5.75 Å². The molecule has 1 atom stereocenters. The Morgan fingerprint density at radius 2 is 2.00 bits per heavy atom. The molecule has 0 N–H and O–H groups in total. The molecule has 1 saturated carbocycles. The predicted octanol–water partition coefficient (Wildman–Crippen LogP) is 3.80. The van der Waals surface area contributed by atoms with Crippen LogP contribution in [0.3, 0.4) is 0 Å². The molecule has 1 spiro atoms. The lowest BCUT2D eigenvalue weighted by Crippen LogP contribution is -2.32. The van der Waals surface area contributed by atoms with Gasteiger partial charge < -0.3 is 14.4 Å². The van der Waals surface area contributed by atoms with E-state index in [1.807, 2.05) is 53.4 Å². The first kappa shape index (κ1) is 15.9. The van der Waals surface area contributed by atoms with Gasteiger partial charge in [0.1, 0.15) is 12.5 Å². The number of amides is 1. The number of carbonyl (C=O) groups excluding carboxylic acids is 1. The predicted molar refractivity (Wildman–Crippen MR) is 96.0 cm³/mol. The van der Waals surface area contributed by atoms with Gasteiger partial charge in [-0.25, -0.2) is 0 Å². The van der Waals surface area contributed by atoms with Gasteiger partial charge in [0.15, 0.2) is 0 Å². The van der Waals surface area contributed by atoms with Gasteiger partial charge in [-0.05, 0) is 42.2 Å².